The van der Waals surface area contributed by atoms with E-state index in [9.17, 15) is 4.79 Å². The lowest BCUT2D eigenvalue weighted by Crippen LogP contribution is -2.27. The molecular formula is C12H15N5O3. The molecule has 0 atom stereocenters. The molecule has 5 N–H and O–H groups in total. The van der Waals surface area contributed by atoms with Gasteiger partial charge >= 0.3 is 5.76 Å². The van der Waals surface area contributed by atoms with Gasteiger partial charge in [0.25, 0.3) is 0 Å². The summed E-state index contributed by atoms with van der Waals surface area (Å²) in [6.07, 6.45) is 0. The van der Waals surface area contributed by atoms with Gasteiger partial charge in [-0.05, 0) is 24.6 Å². The fourth-order valence-corrected chi connectivity index (χ4v) is 1.52. The van der Waals surface area contributed by atoms with Gasteiger partial charge < -0.3 is 10.8 Å². The Labute approximate surface area is 114 Å². The summed E-state index contributed by atoms with van der Waals surface area (Å²) in [4.78, 5) is 11.6. The van der Waals surface area contributed by atoms with Gasteiger partial charge in [0, 0.05) is 7.11 Å². The molecule has 0 saturated carbocycles. The van der Waals surface area contributed by atoms with Gasteiger partial charge in [-0.3, -0.25) is 15.3 Å². The van der Waals surface area contributed by atoms with E-state index in [4.69, 9.17) is 21.7 Å². The minimum absolute atomic E-state index is 0.0851. The molecule has 0 saturated heterocycles. The van der Waals surface area contributed by atoms with Crippen molar-refractivity contribution in [3.63, 3.8) is 0 Å². The van der Waals surface area contributed by atoms with E-state index in [0.29, 0.717) is 5.69 Å². The Bertz CT molecular complexity index is 686. The van der Waals surface area contributed by atoms with Crippen molar-refractivity contribution in [2.45, 2.75) is 6.92 Å². The molecule has 8 nitrogen and oxygen atoms in total. The van der Waals surface area contributed by atoms with E-state index in [1.807, 2.05) is 13.0 Å². The highest BCUT2D eigenvalue weighted by molar-refractivity contribution is 6.43. The van der Waals surface area contributed by atoms with Crippen molar-refractivity contribution >= 4 is 11.5 Å². The summed E-state index contributed by atoms with van der Waals surface area (Å²) in [6.45, 7) is 1.87. The van der Waals surface area contributed by atoms with E-state index >= 15 is 0 Å². The Hall–Kier alpha value is -2.74. The van der Waals surface area contributed by atoms with Crippen LogP contribution in [0.4, 0.5) is 0 Å². The van der Waals surface area contributed by atoms with Crippen LogP contribution in [0, 0.1) is 17.7 Å². The summed E-state index contributed by atoms with van der Waals surface area (Å²) in [7, 11) is 1.00. The first kappa shape index (κ1) is 15.3. The van der Waals surface area contributed by atoms with E-state index in [2.05, 4.69) is 9.68 Å². The standard InChI is InChI=1S/C11H11N5O2.CH4O/c1-6-3-2-4-7(5-6)16-10(8(12)9(13)14)15-18-11(16)17;1-2/h2-5,12H,1H3,(H3,13,14);2H,1H3. The lowest BCUT2D eigenvalue weighted by molar-refractivity contribution is 0.382. The molecule has 0 aliphatic carbocycles. The van der Waals surface area contributed by atoms with Crippen LogP contribution in [0.25, 0.3) is 5.69 Å². The Balaban J connectivity index is 0.000000956. The zero-order valence-corrected chi connectivity index (χ0v) is 11.0. The molecule has 0 unspecified atom stereocenters. The van der Waals surface area contributed by atoms with Crippen LogP contribution in [0.15, 0.2) is 33.6 Å². The molecule has 0 bridgehead atoms. The smallest absolute Gasteiger partial charge is 0.400 e. The second-order valence-electron chi connectivity index (χ2n) is 3.74. The van der Waals surface area contributed by atoms with Crippen molar-refractivity contribution in [2.24, 2.45) is 5.73 Å². The molecule has 2 rings (SSSR count). The number of hydrogen-bond donors (Lipinski definition) is 4. The molecule has 1 heterocycles. The van der Waals surface area contributed by atoms with E-state index in [1.165, 1.54) is 0 Å². The minimum atomic E-state index is -0.721. The van der Waals surface area contributed by atoms with Crippen LogP contribution in [-0.2, 0) is 0 Å². The second-order valence-corrected chi connectivity index (χ2v) is 3.74. The molecule has 106 valence electrons. The molecule has 0 spiro atoms. The summed E-state index contributed by atoms with van der Waals surface area (Å²) in [6, 6.07) is 7.07. The number of aliphatic hydroxyl groups excluding tert-OH is 1. The first-order chi connectivity index (χ1) is 9.50. The summed E-state index contributed by atoms with van der Waals surface area (Å²) in [5, 5.41) is 25.3. The molecule has 0 aliphatic rings. The SMILES string of the molecule is CO.Cc1cccc(-n2c(C(=N)C(=N)N)noc2=O)c1. The van der Waals surface area contributed by atoms with Crippen LogP contribution >= 0.6 is 0 Å². The van der Waals surface area contributed by atoms with E-state index in [-0.39, 0.29) is 11.5 Å². The third kappa shape index (κ3) is 2.98. The molecule has 0 aliphatic heterocycles. The maximum atomic E-state index is 11.6. The number of amidine groups is 1. The van der Waals surface area contributed by atoms with Crippen molar-refractivity contribution in [3.8, 4) is 5.69 Å². The average Bonchev–Trinajstić information content (AvgIpc) is 2.82. The second kappa shape index (κ2) is 6.43. The van der Waals surface area contributed by atoms with Crippen LogP contribution < -0.4 is 11.5 Å². The average molecular weight is 277 g/mol. The first-order valence-corrected chi connectivity index (χ1v) is 5.54. The molecule has 2 aromatic rings. The number of nitrogens with one attached hydrogen (secondary N) is 2. The minimum Gasteiger partial charge on any atom is -0.400 e. The monoisotopic (exact) mass is 277 g/mol. The van der Waals surface area contributed by atoms with Gasteiger partial charge in [-0.25, -0.2) is 9.36 Å². The Morgan fingerprint density at radius 3 is 2.60 bits per heavy atom. The molecule has 20 heavy (non-hydrogen) atoms. The van der Waals surface area contributed by atoms with E-state index < -0.39 is 11.6 Å². The van der Waals surface area contributed by atoms with Crippen molar-refractivity contribution in [2.75, 3.05) is 7.11 Å². The molecule has 0 amide bonds. The van der Waals surface area contributed by atoms with Crippen LogP contribution in [-0.4, -0.2) is 33.5 Å². The number of aryl methyl sites for hydroxylation is 1. The molecule has 0 radical (unpaired) electrons. The van der Waals surface area contributed by atoms with Crippen molar-refractivity contribution in [1.29, 1.82) is 10.8 Å². The van der Waals surface area contributed by atoms with Gasteiger partial charge in [0.05, 0.1) is 5.69 Å². The highest BCUT2D eigenvalue weighted by Gasteiger charge is 2.18. The number of nitrogens with two attached hydrogens (primary N) is 1. The third-order valence-electron chi connectivity index (χ3n) is 2.36. The number of aliphatic hydroxyl groups is 1. The Kier molecular flexibility index (Phi) is 4.93. The molecule has 0 fully saturated rings. The van der Waals surface area contributed by atoms with Crippen LogP contribution in [0.5, 0.6) is 0 Å². The summed E-state index contributed by atoms with van der Waals surface area (Å²) < 4.78 is 5.63. The number of hydrogen-bond acceptors (Lipinski definition) is 6. The highest BCUT2D eigenvalue weighted by Crippen LogP contribution is 2.10. The Morgan fingerprint density at radius 1 is 1.40 bits per heavy atom. The van der Waals surface area contributed by atoms with Crippen LogP contribution in [0.3, 0.4) is 0 Å². The van der Waals surface area contributed by atoms with Crippen molar-refractivity contribution in [3.05, 3.63) is 46.2 Å². The number of rotatable bonds is 3. The molecule has 1 aromatic carbocycles. The van der Waals surface area contributed by atoms with Crippen molar-refractivity contribution in [1.82, 2.24) is 9.72 Å². The number of aromatic nitrogens is 2. The van der Waals surface area contributed by atoms with Gasteiger partial charge in [0.15, 0.2) is 0 Å². The van der Waals surface area contributed by atoms with Gasteiger partial charge in [-0.2, -0.15) is 0 Å². The van der Waals surface area contributed by atoms with Crippen LogP contribution in [0.1, 0.15) is 11.4 Å². The van der Waals surface area contributed by atoms with Crippen LogP contribution in [0.2, 0.25) is 0 Å². The summed E-state index contributed by atoms with van der Waals surface area (Å²) in [5.41, 5.74) is 6.32. The van der Waals surface area contributed by atoms with Gasteiger partial charge in [-0.1, -0.05) is 17.3 Å². The predicted octanol–water partition coefficient (Wildman–Crippen LogP) is 0.0463. The third-order valence-corrected chi connectivity index (χ3v) is 2.36. The molecular weight excluding hydrogens is 262 g/mol. The molecule has 8 heteroatoms. The maximum Gasteiger partial charge on any atom is 0.446 e. The fourth-order valence-electron chi connectivity index (χ4n) is 1.52. The zero-order valence-electron chi connectivity index (χ0n) is 11.0. The number of benzene rings is 1. The van der Waals surface area contributed by atoms with Gasteiger partial charge in [-0.15, -0.1) is 0 Å². The summed E-state index contributed by atoms with van der Waals surface area (Å²) >= 11 is 0. The lowest BCUT2D eigenvalue weighted by atomic mass is 10.2. The summed E-state index contributed by atoms with van der Waals surface area (Å²) in [5.74, 6) is -1.29. The maximum absolute atomic E-state index is 11.6. The number of nitrogens with zero attached hydrogens (tertiary/aromatic N) is 2. The first-order valence-electron chi connectivity index (χ1n) is 5.54. The highest BCUT2D eigenvalue weighted by atomic mass is 16.5. The lowest BCUT2D eigenvalue weighted by Gasteiger charge is -2.05. The van der Waals surface area contributed by atoms with Gasteiger partial charge in [0.1, 0.15) is 11.5 Å². The largest absolute Gasteiger partial charge is 0.446 e. The van der Waals surface area contributed by atoms with E-state index in [0.717, 1.165) is 17.2 Å². The molecule has 1 aromatic heterocycles. The van der Waals surface area contributed by atoms with E-state index in [1.54, 1.807) is 18.2 Å². The fraction of sp³-hybridized carbons (Fsp3) is 0.167. The predicted molar refractivity (Wildman–Crippen MR) is 73.7 cm³/mol. The Morgan fingerprint density at radius 2 is 2.05 bits per heavy atom. The quantitative estimate of drug-likeness (QED) is 0.463. The normalized spacial score (nSPS) is 9.55. The van der Waals surface area contributed by atoms with Crippen molar-refractivity contribution < 1.29 is 9.63 Å². The topological polar surface area (TPSA) is 142 Å². The van der Waals surface area contributed by atoms with Gasteiger partial charge in [0.2, 0.25) is 5.82 Å². The zero-order chi connectivity index (χ0) is 15.3.